The van der Waals surface area contributed by atoms with Crippen molar-refractivity contribution in [3.63, 3.8) is 0 Å². The monoisotopic (exact) mass is 216 g/mol. The zero-order chi connectivity index (χ0) is 11.7. The fraction of sp³-hybridized carbons (Fsp3) is 0.308. The number of aromatic nitrogens is 2. The molecule has 3 nitrogen and oxygen atoms in total. The van der Waals surface area contributed by atoms with Crippen LogP contribution in [-0.4, -0.2) is 14.7 Å². The minimum absolute atomic E-state index is 0.653. The Morgan fingerprint density at radius 2 is 2.06 bits per heavy atom. The Kier molecular flexibility index (Phi) is 2.79. The first kappa shape index (κ1) is 10.9. The second-order valence-electron chi connectivity index (χ2n) is 4.09. The average molecular weight is 216 g/mol. The van der Waals surface area contributed by atoms with E-state index in [4.69, 9.17) is 0 Å². The summed E-state index contributed by atoms with van der Waals surface area (Å²) < 4.78 is 1.84. The van der Waals surface area contributed by atoms with Crippen molar-refractivity contribution in [1.29, 1.82) is 0 Å². The molecule has 0 aliphatic carbocycles. The normalized spacial score (nSPS) is 12.8. The molecule has 1 aromatic heterocycles. The van der Waals surface area contributed by atoms with E-state index in [1.165, 1.54) is 5.56 Å². The molecule has 16 heavy (non-hydrogen) atoms. The summed E-state index contributed by atoms with van der Waals surface area (Å²) in [6.45, 7) is 4.07. The van der Waals surface area contributed by atoms with E-state index in [0.717, 1.165) is 11.1 Å². The molecule has 0 radical (unpaired) electrons. The van der Waals surface area contributed by atoms with Gasteiger partial charge in [-0.15, -0.1) is 0 Å². The first-order chi connectivity index (χ1) is 7.61. The van der Waals surface area contributed by atoms with Crippen LogP contribution in [0.5, 0.6) is 0 Å². The summed E-state index contributed by atoms with van der Waals surface area (Å²) in [6.07, 6.45) is 2.88. The Labute approximate surface area is 95.4 Å². The zero-order valence-electron chi connectivity index (χ0n) is 9.81. The molecule has 0 fully saturated rings. The maximum Gasteiger partial charge on any atom is 0.142 e. The van der Waals surface area contributed by atoms with Gasteiger partial charge in [-0.25, -0.2) is 4.98 Å². The lowest BCUT2D eigenvalue weighted by Crippen LogP contribution is -2.08. The van der Waals surface area contributed by atoms with Gasteiger partial charge in [-0.2, -0.15) is 0 Å². The number of aliphatic hydroxyl groups is 1. The van der Waals surface area contributed by atoms with Crippen molar-refractivity contribution < 1.29 is 5.11 Å². The summed E-state index contributed by atoms with van der Waals surface area (Å²) >= 11 is 0. The second kappa shape index (κ2) is 4.10. The molecule has 0 amide bonds. The molecule has 0 aliphatic heterocycles. The third-order valence-corrected chi connectivity index (χ3v) is 3.04. The van der Waals surface area contributed by atoms with Gasteiger partial charge >= 0.3 is 0 Å². The van der Waals surface area contributed by atoms with E-state index in [9.17, 15) is 5.11 Å². The highest BCUT2D eigenvalue weighted by Crippen LogP contribution is 2.24. The maximum absolute atomic E-state index is 10.3. The summed E-state index contributed by atoms with van der Waals surface area (Å²) in [6, 6.07) is 5.95. The predicted octanol–water partition coefficient (Wildman–Crippen LogP) is 2.12. The molecule has 0 aliphatic rings. The summed E-state index contributed by atoms with van der Waals surface area (Å²) in [5, 5.41) is 10.3. The molecular weight excluding hydrogens is 200 g/mol. The van der Waals surface area contributed by atoms with Crippen molar-refractivity contribution in [2.45, 2.75) is 20.0 Å². The molecule has 3 heteroatoms. The van der Waals surface area contributed by atoms with Gasteiger partial charge in [0.05, 0.1) is 0 Å². The van der Waals surface area contributed by atoms with E-state index in [1.54, 1.807) is 6.20 Å². The zero-order valence-corrected chi connectivity index (χ0v) is 9.81. The van der Waals surface area contributed by atoms with Gasteiger partial charge in [-0.1, -0.05) is 18.2 Å². The third kappa shape index (κ3) is 1.74. The van der Waals surface area contributed by atoms with Crippen molar-refractivity contribution >= 4 is 0 Å². The Morgan fingerprint density at radius 1 is 1.31 bits per heavy atom. The van der Waals surface area contributed by atoms with Crippen LogP contribution in [0.15, 0.2) is 30.6 Å². The second-order valence-corrected chi connectivity index (χ2v) is 4.09. The lowest BCUT2D eigenvalue weighted by Gasteiger charge is -2.15. The topological polar surface area (TPSA) is 38.1 Å². The van der Waals surface area contributed by atoms with E-state index in [-0.39, 0.29) is 0 Å². The van der Waals surface area contributed by atoms with E-state index >= 15 is 0 Å². The molecule has 2 rings (SSSR count). The Bertz CT molecular complexity index is 502. The van der Waals surface area contributed by atoms with Crippen molar-refractivity contribution in [3.05, 3.63) is 53.1 Å². The number of hydrogen-bond donors (Lipinski definition) is 1. The van der Waals surface area contributed by atoms with Crippen LogP contribution in [0, 0.1) is 13.8 Å². The number of hydrogen-bond acceptors (Lipinski definition) is 2. The largest absolute Gasteiger partial charge is 0.380 e. The lowest BCUT2D eigenvalue weighted by atomic mass is 9.99. The van der Waals surface area contributed by atoms with Crippen molar-refractivity contribution in [1.82, 2.24) is 9.55 Å². The Hall–Kier alpha value is -1.61. The summed E-state index contributed by atoms with van der Waals surface area (Å²) in [7, 11) is 1.89. The van der Waals surface area contributed by atoms with Crippen LogP contribution in [0.3, 0.4) is 0 Å². The molecule has 1 N–H and O–H groups in total. The number of aliphatic hydroxyl groups excluding tert-OH is 1. The summed E-state index contributed by atoms with van der Waals surface area (Å²) in [5.74, 6) is 0.675. The Morgan fingerprint density at radius 3 is 2.69 bits per heavy atom. The maximum atomic E-state index is 10.3. The SMILES string of the molecule is Cc1cccc(C(O)c2nccn2C)c1C. The molecule has 0 saturated heterocycles. The van der Waals surface area contributed by atoms with Crippen LogP contribution in [-0.2, 0) is 7.05 Å². The molecular formula is C13H16N2O. The molecule has 0 saturated carbocycles. The molecule has 1 aromatic carbocycles. The standard InChI is InChI=1S/C13H16N2O/c1-9-5-4-6-11(10(9)2)12(16)13-14-7-8-15(13)3/h4-8,12,16H,1-3H3. The van der Waals surface area contributed by atoms with E-state index in [1.807, 2.05) is 49.9 Å². The number of rotatable bonds is 2. The van der Waals surface area contributed by atoms with Gasteiger partial charge in [-0.3, -0.25) is 0 Å². The molecule has 2 aromatic rings. The lowest BCUT2D eigenvalue weighted by molar-refractivity contribution is 0.205. The van der Waals surface area contributed by atoms with Crippen LogP contribution >= 0.6 is 0 Å². The molecule has 1 atom stereocenters. The molecule has 1 unspecified atom stereocenters. The van der Waals surface area contributed by atoms with Crippen LogP contribution in [0.25, 0.3) is 0 Å². The molecule has 1 heterocycles. The first-order valence-electron chi connectivity index (χ1n) is 5.32. The summed E-state index contributed by atoms with van der Waals surface area (Å²) in [5.41, 5.74) is 3.23. The van der Waals surface area contributed by atoms with Crippen LogP contribution in [0.1, 0.15) is 28.6 Å². The average Bonchev–Trinajstić information content (AvgIpc) is 2.68. The van der Waals surface area contributed by atoms with E-state index < -0.39 is 6.10 Å². The van der Waals surface area contributed by atoms with Gasteiger partial charge in [0.15, 0.2) is 0 Å². The minimum Gasteiger partial charge on any atom is -0.380 e. The van der Waals surface area contributed by atoms with Crippen molar-refractivity contribution in [3.8, 4) is 0 Å². The highest BCUT2D eigenvalue weighted by molar-refractivity contribution is 5.36. The van der Waals surface area contributed by atoms with Crippen molar-refractivity contribution in [2.75, 3.05) is 0 Å². The highest BCUT2D eigenvalue weighted by atomic mass is 16.3. The van der Waals surface area contributed by atoms with Gasteiger partial charge in [0, 0.05) is 19.4 Å². The van der Waals surface area contributed by atoms with Crippen LogP contribution in [0.4, 0.5) is 0 Å². The van der Waals surface area contributed by atoms with Crippen LogP contribution < -0.4 is 0 Å². The Balaban J connectivity index is 2.46. The number of benzene rings is 1. The van der Waals surface area contributed by atoms with E-state index in [0.29, 0.717) is 5.82 Å². The third-order valence-electron chi connectivity index (χ3n) is 3.04. The fourth-order valence-corrected chi connectivity index (χ4v) is 1.85. The molecule has 84 valence electrons. The van der Waals surface area contributed by atoms with Gasteiger partial charge in [-0.05, 0) is 30.5 Å². The van der Waals surface area contributed by atoms with Gasteiger partial charge in [0.25, 0.3) is 0 Å². The highest BCUT2D eigenvalue weighted by Gasteiger charge is 2.17. The quantitative estimate of drug-likeness (QED) is 0.835. The smallest absolute Gasteiger partial charge is 0.142 e. The number of aryl methyl sites for hydroxylation is 2. The fourth-order valence-electron chi connectivity index (χ4n) is 1.85. The molecule has 0 bridgehead atoms. The van der Waals surface area contributed by atoms with Gasteiger partial charge in [0.2, 0.25) is 0 Å². The summed E-state index contributed by atoms with van der Waals surface area (Å²) in [4.78, 5) is 4.18. The number of nitrogens with zero attached hydrogens (tertiary/aromatic N) is 2. The first-order valence-corrected chi connectivity index (χ1v) is 5.32. The van der Waals surface area contributed by atoms with Crippen molar-refractivity contribution in [2.24, 2.45) is 7.05 Å². The molecule has 0 spiro atoms. The minimum atomic E-state index is -0.653. The van der Waals surface area contributed by atoms with E-state index in [2.05, 4.69) is 4.98 Å². The number of imidazole rings is 1. The van der Waals surface area contributed by atoms with Crippen LogP contribution in [0.2, 0.25) is 0 Å². The van der Waals surface area contributed by atoms with Gasteiger partial charge < -0.3 is 9.67 Å². The van der Waals surface area contributed by atoms with Gasteiger partial charge in [0.1, 0.15) is 11.9 Å². The predicted molar refractivity (Wildman–Crippen MR) is 63.2 cm³/mol.